The van der Waals surface area contributed by atoms with E-state index in [1.165, 1.54) is 7.11 Å². The standard InChI is InChI=1S/C11H20ClNO3/c1-11(2)5-4-8(16-11)6-13-7-9(12)10(14)15-3/h8-9,13H,4-7H2,1-3H3. The van der Waals surface area contributed by atoms with Crippen molar-refractivity contribution in [2.45, 2.75) is 43.8 Å². The molecule has 1 aliphatic rings. The van der Waals surface area contributed by atoms with Gasteiger partial charge in [-0.25, -0.2) is 0 Å². The monoisotopic (exact) mass is 249 g/mol. The summed E-state index contributed by atoms with van der Waals surface area (Å²) in [5.41, 5.74) is -0.0188. The van der Waals surface area contributed by atoms with E-state index < -0.39 is 11.3 Å². The molecular formula is C11H20ClNO3. The molecule has 1 rings (SSSR count). The van der Waals surface area contributed by atoms with E-state index in [-0.39, 0.29) is 11.7 Å². The van der Waals surface area contributed by atoms with Crippen LogP contribution in [0.15, 0.2) is 0 Å². The minimum atomic E-state index is -0.626. The third-order valence-electron chi connectivity index (χ3n) is 2.71. The van der Waals surface area contributed by atoms with Gasteiger partial charge in [0.05, 0.1) is 18.8 Å². The molecule has 0 amide bonds. The number of esters is 1. The molecule has 1 heterocycles. The van der Waals surface area contributed by atoms with Crippen LogP contribution in [-0.4, -0.2) is 43.3 Å². The molecule has 0 aliphatic carbocycles. The Kier molecular flexibility index (Phi) is 5.02. The zero-order valence-electron chi connectivity index (χ0n) is 10.1. The van der Waals surface area contributed by atoms with Crippen molar-refractivity contribution < 1.29 is 14.3 Å². The van der Waals surface area contributed by atoms with Crippen LogP contribution in [0, 0.1) is 0 Å². The van der Waals surface area contributed by atoms with Gasteiger partial charge in [0.1, 0.15) is 5.38 Å². The molecule has 0 aromatic heterocycles. The molecule has 4 nitrogen and oxygen atoms in total. The Labute approximate surface area is 102 Å². The fourth-order valence-corrected chi connectivity index (χ4v) is 2.00. The number of halogens is 1. The van der Waals surface area contributed by atoms with Crippen molar-refractivity contribution in [2.75, 3.05) is 20.2 Å². The summed E-state index contributed by atoms with van der Waals surface area (Å²) in [5.74, 6) is -0.401. The molecule has 1 saturated heterocycles. The van der Waals surface area contributed by atoms with E-state index >= 15 is 0 Å². The maximum absolute atomic E-state index is 11.0. The summed E-state index contributed by atoms with van der Waals surface area (Å²) in [6.45, 7) is 5.32. The van der Waals surface area contributed by atoms with Crippen LogP contribution < -0.4 is 5.32 Å². The summed E-state index contributed by atoms with van der Waals surface area (Å²) >= 11 is 5.80. The molecule has 16 heavy (non-hydrogen) atoms. The van der Waals surface area contributed by atoms with Crippen molar-refractivity contribution in [3.63, 3.8) is 0 Å². The van der Waals surface area contributed by atoms with Crippen molar-refractivity contribution >= 4 is 17.6 Å². The maximum Gasteiger partial charge on any atom is 0.325 e. The van der Waals surface area contributed by atoms with Gasteiger partial charge in [-0.1, -0.05) is 0 Å². The third-order valence-corrected chi connectivity index (χ3v) is 3.04. The second kappa shape index (κ2) is 5.84. The van der Waals surface area contributed by atoms with Gasteiger partial charge >= 0.3 is 5.97 Å². The van der Waals surface area contributed by atoms with Crippen LogP contribution >= 0.6 is 11.6 Å². The first-order valence-corrected chi connectivity index (χ1v) is 5.99. The van der Waals surface area contributed by atoms with Crippen LogP contribution in [0.3, 0.4) is 0 Å². The van der Waals surface area contributed by atoms with E-state index in [1.54, 1.807) is 0 Å². The SMILES string of the molecule is COC(=O)C(Cl)CNCC1CCC(C)(C)O1. The highest BCUT2D eigenvalue weighted by Gasteiger charge is 2.31. The van der Waals surface area contributed by atoms with Crippen molar-refractivity contribution in [3.8, 4) is 0 Å². The van der Waals surface area contributed by atoms with Gasteiger partial charge in [0, 0.05) is 13.1 Å². The van der Waals surface area contributed by atoms with Crippen LogP contribution in [-0.2, 0) is 14.3 Å². The van der Waals surface area contributed by atoms with Gasteiger partial charge in [0.2, 0.25) is 0 Å². The molecule has 1 N–H and O–H groups in total. The average Bonchev–Trinajstić information content (AvgIpc) is 2.57. The number of methoxy groups -OCH3 is 1. The Bertz CT molecular complexity index is 245. The molecule has 0 bridgehead atoms. The van der Waals surface area contributed by atoms with Crippen LogP contribution in [0.5, 0.6) is 0 Å². The van der Waals surface area contributed by atoms with E-state index in [9.17, 15) is 4.79 Å². The van der Waals surface area contributed by atoms with Crippen LogP contribution in [0.1, 0.15) is 26.7 Å². The van der Waals surface area contributed by atoms with Crippen LogP contribution in [0.4, 0.5) is 0 Å². The summed E-state index contributed by atoms with van der Waals surface area (Å²) in [6.07, 6.45) is 2.34. The van der Waals surface area contributed by atoms with Crippen molar-refractivity contribution in [2.24, 2.45) is 0 Å². The molecule has 0 spiro atoms. The molecule has 2 atom stereocenters. The first-order valence-electron chi connectivity index (χ1n) is 5.55. The second-order valence-corrected chi connectivity index (χ2v) is 5.21. The number of nitrogens with one attached hydrogen (secondary N) is 1. The molecule has 94 valence electrons. The van der Waals surface area contributed by atoms with E-state index in [2.05, 4.69) is 23.9 Å². The molecule has 5 heteroatoms. The summed E-state index contributed by atoms with van der Waals surface area (Å²) in [4.78, 5) is 11.0. The van der Waals surface area contributed by atoms with Gasteiger partial charge in [-0.3, -0.25) is 4.79 Å². The van der Waals surface area contributed by atoms with Gasteiger partial charge in [-0.2, -0.15) is 0 Å². The van der Waals surface area contributed by atoms with Gasteiger partial charge in [-0.15, -0.1) is 11.6 Å². The fourth-order valence-electron chi connectivity index (χ4n) is 1.80. The van der Waals surface area contributed by atoms with E-state index in [4.69, 9.17) is 16.3 Å². The smallest absolute Gasteiger partial charge is 0.325 e. The lowest BCUT2D eigenvalue weighted by Gasteiger charge is -2.19. The van der Waals surface area contributed by atoms with Gasteiger partial charge < -0.3 is 14.8 Å². The van der Waals surface area contributed by atoms with E-state index in [1.807, 2.05) is 0 Å². The van der Waals surface area contributed by atoms with E-state index in [0.29, 0.717) is 6.54 Å². The number of hydrogen-bond donors (Lipinski definition) is 1. The largest absolute Gasteiger partial charge is 0.468 e. The molecule has 0 saturated carbocycles. The third kappa shape index (κ3) is 4.28. The normalized spacial score (nSPS) is 25.4. The highest BCUT2D eigenvalue weighted by Crippen LogP contribution is 2.28. The van der Waals surface area contributed by atoms with Gasteiger partial charge in [0.15, 0.2) is 0 Å². The predicted molar refractivity (Wildman–Crippen MR) is 62.7 cm³/mol. The quantitative estimate of drug-likeness (QED) is 0.590. The highest BCUT2D eigenvalue weighted by molar-refractivity contribution is 6.30. The first kappa shape index (κ1) is 13.7. The summed E-state index contributed by atoms with van der Waals surface area (Å²) in [6, 6.07) is 0. The minimum absolute atomic E-state index is 0.0188. The number of rotatable bonds is 5. The topological polar surface area (TPSA) is 47.6 Å². The Hall–Kier alpha value is -0.320. The Morgan fingerprint density at radius 3 is 2.88 bits per heavy atom. The number of ether oxygens (including phenoxy) is 2. The van der Waals surface area contributed by atoms with Crippen LogP contribution in [0.25, 0.3) is 0 Å². The first-order chi connectivity index (χ1) is 7.44. The predicted octanol–water partition coefficient (Wildman–Crippen LogP) is 1.31. The molecule has 1 fully saturated rings. The lowest BCUT2D eigenvalue weighted by atomic mass is 10.1. The second-order valence-electron chi connectivity index (χ2n) is 4.69. The number of carbonyl (C=O) groups is 1. The van der Waals surface area contributed by atoms with E-state index in [0.717, 1.165) is 19.4 Å². The number of hydrogen-bond acceptors (Lipinski definition) is 4. The zero-order chi connectivity index (χ0) is 12.2. The Morgan fingerprint density at radius 1 is 1.69 bits per heavy atom. The average molecular weight is 250 g/mol. The van der Waals surface area contributed by atoms with Gasteiger partial charge in [-0.05, 0) is 26.7 Å². The summed E-state index contributed by atoms with van der Waals surface area (Å²) in [7, 11) is 1.33. The molecule has 0 radical (unpaired) electrons. The van der Waals surface area contributed by atoms with Crippen molar-refractivity contribution in [1.29, 1.82) is 0 Å². The molecule has 2 unspecified atom stereocenters. The lowest BCUT2D eigenvalue weighted by Crippen LogP contribution is -2.35. The lowest BCUT2D eigenvalue weighted by molar-refractivity contribution is -0.140. The number of alkyl halides is 1. The molecular weight excluding hydrogens is 230 g/mol. The summed E-state index contributed by atoms with van der Waals surface area (Å²) < 4.78 is 10.3. The van der Waals surface area contributed by atoms with Crippen LogP contribution in [0.2, 0.25) is 0 Å². The van der Waals surface area contributed by atoms with Crippen molar-refractivity contribution in [1.82, 2.24) is 5.32 Å². The minimum Gasteiger partial charge on any atom is -0.468 e. The van der Waals surface area contributed by atoms with Crippen molar-refractivity contribution in [3.05, 3.63) is 0 Å². The molecule has 0 aromatic rings. The van der Waals surface area contributed by atoms with Gasteiger partial charge in [0.25, 0.3) is 0 Å². The Balaban J connectivity index is 2.15. The molecule has 1 aliphatic heterocycles. The maximum atomic E-state index is 11.0. The molecule has 0 aromatic carbocycles. The fraction of sp³-hybridized carbons (Fsp3) is 0.909. The summed E-state index contributed by atoms with van der Waals surface area (Å²) in [5, 5.41) is 2.50. The zero-order valence-corrected chi connectivity index (χ0v) is 10.8. The number of carbonyl (C=O) groups excluding carboxylic acids is 1. The highest BCUT2D eigenvalue weighted by atomic mass is 35.5. The Morgan fingerprint density at radius 2 is 2.38 bits per heavy atom.